The second-order valence-corrected chi connectivity index (χ2v) is 7.86. The van der Waals surface area contributed by atoms with Gasteiger partial charge in [0.2, 0.25) is 10.0 Å². The molecule has 1 aliphatic heterocycles. The zero-order valence-electron chi connectivity index (χ0n) is 14.2. The lowest BCUT2D eigenvalue weighted by molar-refractivity contribution is -0.114. The molecule has 0 aromatic heterocycles. The molecule has 126 valence electrons. The highest BCUT2D eigenvalue weighted by Gasteiger charge is 2.23. The van der Waals surface area contributed by atoms with Crippen molar-refractivity contribution in [2.24, 2.45) is 0 Å². The number of nitrogens with one attached hydrogen (secondary N) is 1. The molecule has 1 heterocycles. The molecule has 0 saturated carbocycles. The normalized spacial score (nSPS) is 18.5. The van der Waals surface area contributed by atoms with Gasteiger partial charge in [0.15, 0.2) is 5.78 Å². The molecule has 0 saturated heterocycles. The summed E-state index contributed by atoms with van der Waals surface area (Å²) < 4.78 is 32.8. The van der Waals surface area contributed by atoms with Crippen molar-refractivity contribution in [2.75, 3.05) is 6.61 Å². The molecular formula is C17H23NO4S. The van der Waals surface area contributed by atoms with E-state index in [9.17, 15) is 13.2 Å². The summed E-state index contributed by atoms with van der Waals surface area (Å²) in [7, 11) is -3.68. The lowest BCUT2D eigenvalue weighted by Crippen LogP contribution is -2.40. The van der Waals surface area contributed by atoms with Gasteiger partial charge in [-0.05, 0) is 46.8 Å². The fraction of sp³-hybridized carbons (Fsp3) is 0.412. The maximum Gasteiger partial charge on any atom is 0.240 e. The largest absolute Gasteiger partial charge is 0.488 e. The SMILES string of the molecule is C=C1OCC(C(C)=O)=C=C/C1=C/C(=CC)S(=O)(=O)NC(C)(C)C. The summed E-state index contributed by atoms with van der Waals surface area (Å²) in [5.74, 6) is 0.141. The summed E-state index contributed by atoms with van der Waals surface area (Å²) in [4.78, 5) is 11.5. The molecule has 6 heteroatoms. The van der Waals surface area contributed by atoms with Crippen LogP contribution in [-0.4, -0.2) is 26.3 Å². The minimum absolute atomic E-state index is 0.0696. The molecule has 1 N–H and O–H groups in total. The third-order valence-electron chi connectivity index (χ3n) is 2.87. The first-order chi connectivity index (χ1) is 10.5. The van der Waals surface area contributed by atoms with Crippen LogP contribution in [0.15, 0.2) is 52.3 Å². The topological polar surface area (TPSA) is 72.5 Å². The van der Waals surface area contributed by atoms with Crippen molar-refractivity contribution in [2.45, 2.75) is 40.2 Å². The molecule has 1 rings (SSSR count). The Morgan fingerprint density at radius 2 is 2.04 bits per heavy atom. The van der Waals surface area contributed by atoms with Crippen LogP contribution in [0.4, 0.5) is 0 Å². The highest BCUT2D eigenvalue weighted by atomic mass is 32.2. The average Bonchev–Trinajstić information content (AvgIpc) is 2.55. The Morgan fingerprint density at radius 3 is 2.52 bits per heavy atom. The summed E-state index contributed by atoms with van der Waals surface area (Å²) in [6.07, 6.45) is 4.46. The molecule has 0 unspecified atom stereocenters. The molecule has 5 nitrogen and oxygen atoms in total. The van der Waals surface area contributed by atoms with Crippen LogP contribution in [-0.2, 0) is 19.6 Å². The van der Waals surface area contributed by atoms with Crippen molar-refractivity contribution in [3.8, 4) is 0 Å². The number of ether oxygens (including phenoxy) is 1. The Morgan fingerprint density at radius 1 is 1.43 bits per heavy atom. The van der Waals surface area contributed by atoms with Crippen LogP contribution in [0.5, 0.6) is 0 Å². The van der Waals surface area contributed by atoms with Crippen molar-refractivity contribution in [3.63, 3.8) is 0 Å². The van der Waals surface area contributed by atoms with Gasteiger partial charge in [0, 0.05) is 11.1 Å². The first-order valence-electron chi connectivity index (χ1n) is 7.17. The Bertz CT molecular complexity index is 740. The van der Waals surface area contributed by atoms with E-state index in [-0.39, 0.29) is 17.3 Å². The second-order valence-electron chi connectivity index (χ2n) is 6.18. The average molecular weight is 337 g/mol. The molecule has 0 spiro atoms. The number of hydrogen-bond donors (Lipinski definition) is 1. The number of hydrogen-bond acceptors (Lipinski definition) is 4. The quantitative estimate of drug-likeness (QED) is 0.801. The van der Waals surface area contributed by atoms with Gasteiger partial charge in [-0.1, -0.05) is 12.7 Å². The van der Waals surface area contributed by atoms with Crippen molar-refractivity contribution < 1.29 is 17.9 Å². The number of rotatable bonds is 4. The Labute approximate surface area is 138 Å². The third-order valence-corrected chi connectivity index (χ3v) is 4.73. The minimum atomic E-state index is -3.68. The van der Waals surface area contributed by atoms with Crippen LogP contribution in [0.1, 0.15) is 34.6 Å². The van der Waals surface area contributed by atoms with Gasteiger partial charge in [0.25, 0.3) is 0 Å². The minimum Gasteiger partial charge on any atom is -0.488 e. The molecule has 23 heavy (non-hydrogen) atoms. The number of ketones is 1. The number of Topliss-reactive ketones (excluding diaryl/α,β-unsaturated/α-hetero) is 1. The molecule has 0 aromatic rings. The highest BCUT2D eigenvalue weighted by Crippen LogP contribution is 2.21. The van der Waals surface area contributed by atoms with E-state index in [0.29, 0.717) is 16.9 Å². The van der Waals surface area contributed by atoms with Crippen LogP contribution in [0.2, 0.25) is 0 Å². The van der Waals surface area contributed by atoms with Crippen molar-refractivity contribution in [1.29, 1.82) is 0 Å². The Balaban J connectivity index is 3.27. The summed E-state index contributed by atoms with van der Waals surface area (Å²) in [5.41, 5.74) is 3.07. The summed E-state index contributed by atoms with van der Waals surface area (Å²) in [6.45, 7) is 12.2. The van der Waals surface area contributed by atoms with Crippen LogP contribution >= 0.6 is 0 Å². The molecule has 0 aromatic carbocycles. The van der Waals surface area contributed by atoms with E-state index in [4.69, 9.17) is 4.74 Å². The Kier molecular flexibility index (Phi) is 5.94. The first-order valence-corrected chi connectivity index (χ1v) is 8.65. The van der Waals surface area contributed by atoms with Gasteiger partial charge in [0.05, 0.1) is 10.5 Å². The van der Waals surface area contributed by atoms with Crippen LogP contribution in [0, 0.1) is 0 Å². The van der Waals surface area contributed by atoms with E-state index >= 15 is 0 Å². The second kappa shape index (κ2) is 7.13. The number of allylic oxidation sites excluding steroid dienone is 3. The number of sulfonamides is 1. The smallest absolute Gasteiger partial charge is 0.240 e. The van der Waals surface area contributed by atoms with Crippen LogP contribution in [0.25, 0.3) is 0 Å². The summed E-state index contributed by atoms with van der Waals surface area (Å²) in [6, 6.07) is 0. The van der Waals surface area contributed by atoms with Gasteiger partial charge in [-0.15, -0.1) is 5.73 Å². The van der Waals surface area contributed by atoms with Crippen molar-refractivity contribution in [3.05, 3.63) is 52.3 Å². The molecule has 0 amide bonds. The highest BCUT2D eigenvalue weighted by molar-refractivity contribution is 7.93. The molecule has 0 bridgehead atoms. The molecule has 0 aliphatic carbocycles. The zero-order chi connectivity index (χ0) is 17.8. The van der Waals surface area contributed by atoms with Gasteiger partial charge in [-0.2, -0.15) is 0 Å². The van der Waals surface area contributed by atoms with E-state index in [1.54, 1.807) is 27.7 Å². The van der Waals surface area contributed by atoms with Gasteiger partial charge < -0.3 is 4.74 Å². The number of carbonyl (C=O) groups is 1. The van der Waals surface area contributed by atoms with Crippen molar-refractivity contribution in [1.82, 2.24) is 4.72 Å². The standard InChI is InChI=1S/C17H23NO4S/c1-7-16(23(20,21)18-17(4,5)6)10-14-8-9-15(12(2)19)11-22-13(14)3/h7-8,10,18H,3,11H2,1-2,4-6H3/b14-10-,16-7?. The predicted molar refractivity (Wildman–Crippen MR) is 91.0 cm³/mol. The van der Waals surface area contributed by atoms with E-state index in [0.717, 1.165) is 0 Å². The summed E-state index contributed by atoms with van der Waals surface area (Å²) >= 11 is 0. The van der Waals surface area contributed by atoms with Crippen LogP contribution in [0.3, 0.4) is 0 Å². The van der Waals surface area contributed by atoms with Crippen molar-refractivity contribution >= 4 is 15.8 Å². The Hall–Kier alpha value is -1.88. The predicted octanol–water partition coefficient (Wildman–Crippen LogP) is 2.75. The van der Waals surface area contributed by atoms with E-state index < -0.39 is 15.6 Å². The van der Waals surface area contributed by atoms with E-state index in [2.05, 4.69) is 17.0 Å². The fourth-order valence-corrected chi connectivity index (χ4v) is 3.30. The fourth-order valence-electron chi connectivity index (χ4n) is 1.79. The molecule has 0 radical (unpaired) electrons. The zero-order valence-corrected chi connectivity index (χ0v) is 15.0. The molecule has 1 aliphatic rings. The molecular weight excluding hydrogens is 314 g/mol. The molecule has 0 fully saturated rings. The van der Waals surface area contributed by atoms with Gasteiger partial charge in [0.1, 0.15) is 12.4 Å². The summed E-state index contributed by atoms with van der Waals surface area (Å²) in [5, 5.41) is 0. The van der Waals surface area contributed by atoms with E-state index in [1.165, 1.54) is 25.2 Å². The maximum absolute atomic E-state index is 12.4. The maximum atomic E-state index is 12.4. The van der Waals surface area contributed by atoms with E-state index in [1.807, 2.05) is 0 Å². The van der Waals surface area contributed by atoms with Gasteiger partial charge in [-0.3, -0.25) is 4.79 Å². The van der Waals surface area contributed by atoms with Gasteiger partial charge in [-0.25, -0.2) is 13.1 Å². The number of carbonyl (C=O) groups excluding carboxylic acids is 1. The monoisotopic (exact) mass is 337 g/mol. The lowest BCUT2D eigenvalue weighted by Gasteiger charge is -2.21. The molecule has 0 atom stereocenters. The van der Waals surface area contributed by atoms with Crippen LogP contribution < -0.4 is 4.72 Å². The third kappa shape index (κ3) is 5.67. The van der Waals surface area contributed by atoms with Gasteiger partial charge >= 0.3 is 0 Å². The lowest BCUT2D eigenvalue weighted by atomic mass is 10.1. The first kappa shape index (κ1) is 19.2.